The second kappa shape index (κ2) is 8.22. The lowest BCUT2D eigenvalue weighted by molar-refractivity contribution is -0.131. The van der Waals surface area contributed by atoms with Crippen LogP contribution in [0.1, 0.15) is 31.2 Å². The number of H-pyrrole nitrogens is 1. The molecule has 0 aliphatic carbocycles. The largest absolute Gasteiger partial charge is 0.361 e. The number of carbonyl (C=O) groups excluding carboxylic acids is 1. The van der Waals surface area contributed by atoms with Crippen molar-refractivity contribution in [2.45, 2.75) is 32.1 Å². The number of rotatable bonds is 6. The lowest BCUT2D eigenvalue weighted by Crippen LogP contribution is -2.43. The zero-order valence-corrected chi connectivity index (χ0v) is 16.1. The topological polar surface area (TPSA) is 73.5 Å². The predicted octanol–water partition coefficient (Wildman–Crippen LogP) is 2.37. The Bertz CT molecular complexity index is 852. The van der Waals surface area contributed by atoms with Gasteiger partial charge >= 0.3 is 0 Å². The lowest BCUT2D eigenvalue weighted by Gasteiger charge is -2.25. The van der Waals surface area contributed by atoms with Crippen molar-refractivity contribution >= 4 is 26.8 Å². The van der Waals surface area contributed by atoms with Gasteiger partial charge in [-0.05, 0) is 30.9 Å². The number of nitrogens with zero attached hydrogens (tertiary/aromatic N) is 2. The third-order valence-electron chi connectivity index (χ3n) is 5.04. The van der Waals surface area contributed by atoms with Crippen LogP contribution in [0, 0.1) is 0 Å². The van der Waals surface area contributed by atoms with Crippen molar-refractivity contribution in [1.29, 1.82) is 0 Å². The van der Waals surface area contributed by atoms with E-state index in [0.29, 0.717) is 13.0 Å². The Morgan fingerprint density at radius 3 is 2.54 bits per heavy atom. The van der Waals surface area contributed by atoms with Crippen molar-refractivity contribution in [3.8, 4) is 0 Å². The molecule has 0 bridgehead atoms. The van der Waals surface area contributed by atoms with Crippen LogP contribution < -0.4 is 0 Å². The summed E-state index contributed by atoms with van der Waals surface area (Å²) in [7, 11) is -3.44. The second-order valence-electron chi connectivity index (χ2n) is 7.00. The maximum Gasteiger partial charge on any atom is 0.237 e. The third kappa shape index (κ3) is 4.65. The molecule has 1 fully saturated rings. The van der Waals surface area contributed by atoms with Gasteiger partial charge in [0.1, 0.15) is 0 Å². The van der Waals surface area contributed by atoms with E-state index in [4.69, 9.17) is 0 Å². The van der Waals surface area contributed by atoms with E-state index in [1.807, 2.05) is 35.4 Å². The van der Waals surface area contributed by atoms with Gasteiger partial charge in [0.15, 0.2) is 0 Å². The Hall–Kier alpha value is -1.86. The number of para-hydroxylation sites is 1. The van der Waals surface area contributed by atoms with Crippen LogP contribution in [0.15, 0.2) is 30.5 Å². The Labute approximate surface area is 155 Å². The maximum atomic E-state index is 12.6. The predicted molar refractivity (Wildman–Crippen MR) is 103 cm³/mol. The highest BCUT2D eigenvalue weighted by Gasteiger charge is 2.24. The van der Waals surface area contributed by atoms with Crippen LogP contribution in [0.2, 0.25) is 0 Å². The summed E-state index contributed by atoms with van der Waals surface area (Å²) in [5.74, 6) is -0.0868. The molecule has 0 unspecified atom stereocenters. The van der Waals surface area contributed by atoms with Crippen molar-refractivity contribution < 1.29 is 13.2 Å². The number of aromatic amines is 1. The second-order valence-corrected chi connectivity index (χ2v) is 8.98. The van der Waals surface area contributed by atoms with Gasteiger partial charge in [-0.3, -0.25) is 4.79 Å². The van der Waals surface area contributed by atoms with Crippen molar-refractivity contribution in [3.05, 3.63) is 36.0 Å². The highest BCUT2D eigenvalue weighted by atomic mass is 32.2. The molecule has 7 heteroatoms. The van der Waals surface area contributed by atoms with E-state index < -0.39 is 10.0 Å². The van der Waals surface area contributed by atoms with E-state index in [9.17, 15) is 13.2 Å². The molecule has 142 valence electrons. The highest BCUT2D eigenvalue weighted by Crippen LogP contribution is 2.19. The fourth-order valence-corrected chi connectivity index (χ4v) is 4.28. The van der Waals surface area contributed by atoms with Crippen LogP contribution in [-0.4, -0.2) is 60.9 Å². The molecule has 1 aliphatic heterocycles. The van der Waals surface area contributed by atoms with Crippen LogP contribution in [-0.2, 0) is 21.2 Å². The fourth-order valence-electron chi connectivity index (χ4n) is 3.52. The summed E-state index contributed by atoms with van der Waals surface area (Å²) in [5, 5.41) is 1.10. The average Bonchev–Trinajstić information content (AvgIpc) is 2.82. The van der Waals surface area contributed by atoms with Crippen LogP contribution in [0.25, 0.3) is 10.9 Å². The number of benzene rings is 1. The van der Waals surface area contributed by atoms with Crippen molar-refractivity contribution in [2.75, 3.05) is 32.4 Å². The number of amides is 1. The summed E-state index contributed by atoms with van der Waals surface area (Å²) < 4.78 is 25.7. The van der Waals surface area contributed by atoms with Gasteiger partial charge < -0.3 is 9.88 Å². The smallest absolute Gasteiger partial charge is 0.237 e. The zero-order chi connectivity index (χ0) is 18.6. The van der Waals surface area contributed by atoms with Gasteiger partial charge in [-0.2, -0.15) is 4.31 Å². The summed E-state index contributed by atoms with van der Waals surface area (Å²) in [5.41, 5.74) is 2.10. The molecule has 1 aliphatic rings. The third-order valence-corrected chi connectivity index (χ3v) is 6.29. The van der Waals surface area contributed by atoms with Gasteiger partial charge in [-0.25, -0.2) is 8.42 Å². The summed E-state index contributed by atoms with van der Waals surface area (Å²) in [6.07, 6.45) is 7.95. The van der Waals surface area contributed by atoms with Gasteiger partial charge in [0.2, 0.25) is 15.9 Å². The van der Waals surface area contributed by atoms with Gasteiger partial charge in [0.05, 0.1) is 12.8 Å². The minimum Gasteiger partial charge on any atom is -0.361 e. The molecule has 1 saturated heterocycles. The summed E-state index contributed by atoms with van der Waals surface area (Å²) >= 11 is 0. The molecule has 3 rings (SSSR count). The number of fused-ring (bicyclic) bond motifs is 1. The number of sulfonamides is 1. The highest BCUT2D eigenvalue weighted by molar-refractivity contribution is 7.88. The number of likely N-dealkylation sites (tertiary alicyclic amines) is 1. The van der Waals surface area contributed by atoms with Gasteiger partial charge in [0.25, 0.3) is 0 Å². The van der Waals surface area contributed by atoms with Crippen molar-refractivity contribution in [3.63, 3.8) is 0 Å². The number of carbonyl (C=O) groups is 1. The van der Waals surface area contributed by atoms with Crippen LogP contribution in [0.3, 0.4) is 0 Å². The van der Waals surface area contributed by atoms with Gasteiger partial charge in [-0.15, -0.1) is 0 Å². The normalized spacial score (nSPS) is 16.2. The van der Waals surface area contributed by atoms with Crippen LogP contribution >= 0.6 is 0 Å². The minimum atomic E-state index is -3.44. The SMILES string of the molecule is CS(=O)(=O)N(CCc1c[nH]c2ccccc12)CC(=O)N1CCCCCC1. The monoisotopic (exact) mass is 377 g/mol. The van der Waals surface area contributed by atoms with Crippen molar-refractivity contribution in [1.82, 2.24) is 14.2 Å². The first-order valence-electron chi connectivity index (χ1n) is 9.23. The number of aromatic nitrogens is 1. The van der Waals surface area contributed by atoms with E-state index >= 15 is 0 Å². The zero-order valence-electron chi connectivity index (χ0n) is 15.3. The minimum absolute atomic E-state index is 0.0683. The lowest BCUT2D eigenvalue weighted by atomic mass is 10.1. The molecule has 0 spiro atoms. The molecule has 1 N–H and O–H groups in total. The Morgan fingerprint density at radius 1 is 1.15 bits per heavy atom. The fraction of sp³-hybridized carbons (Fsp3) is 0.526. The number of nitrogens with one attached hydrogen (secondary N) is 1. The summed E-state index contributed by atoms with van der Waals surface area (Å²) in [6.45, 7) is 1.71. The van der Waals surface area contributed by atoms with Crippen LogP contribution in [0.4, 0.5) is 0 Å². The van der Waals surface area contributed by atoms with Gasteiger partial charge in [0, 0.05) is 36.7 Å². The van der Waals surface area contributed by atoms with E-state index in [-0.39, 0.29) is 12.5 Å². The molecule has 1 aromatic heterocycles. The average molecular weight is 378 g/mol. The molecular weight excluding hydrogens is 350 g/mol. The standard InChI is InChI=1S/C19H27N3O3S/c1-26(24,25)22(15-19(23)21-11-6-2-3-7-12-21)13-10-16-14-20-18-9-5-4-8-17(16)18/h4-5,8-9,14,20H,2-3,6-7,10-13,15H2,1H3. The van der Waals surface area contributed by atoms with Gasteiger partial charge in [-0.1, -0.05) is 31.0 Å². The summed E-state index contributed by atoms with van der Waals surface area (Å²) in [4.78, 5) is 17.6. The maximum absolute atomic E-state index is 12.6. The van der Waals surface area contributed by atoms with E-state index in [2.05, 4.69) is 4.98 Å². The molecule has 0 atom stereocenters. The first-order valence-corrected chi connectivity index (χ1v) is 11.1. The Morgan fingerprint density at radius 2 is 1.85 bits per heavy atom. The molecular formula is C19H27N3O3S. The number of hydrogen-bond acceptors (Lipinski definition) is 3. The molecule has 26 heavy (non-hydrogen) atoms. The summed E-state index contributed by atoms with van der Waals surface area (Å²) in [6, 6.07) is 7.95. The molecule has 2 aromatic rings. The Balaban J connectivity index is 1.67. The van der Waals surface area contributed by atoms with Crippen LogP contribution in [0.5, 0.6) is 0 Å². The molecule has 0 radical (unpaired) electrons. The molecule has 0 saturated carbocycles. The van der Waals surface area contributed by atoms with E-state index in [0.717, 1.165) is 55.2 Å². The first kappa shape index (κ1) is 18.9. The molecule has 1 amide bonds. The van der Waals surface area contributed by atoms with E-state index in [1.165, 1.54) is 10.6 Å². The molecule has 1 aromatic carbocycles. The quantitative estimate of drug-likeness (QED) is 0.840. The molecule has 6 nitrogen and oxygen atoms in total. The first-order chi connectivity index (χ1) is 12.4. The van der Waals surface area contributed by atoms with Crippen molar-refractivity contribution in [2.24, 2.45) is 0 Å². The Kier molecular flexibility index (Phi) is 5.98. The van der Waals surface area contributed by atoms with E-state index in [1.54, 1.807) is 0 Å². The molecule has 2 heterocycles. The number of hydrogen-bond donors (Lipinski definition) is 1.